The molecule has 0 aliphatic carbocycles. The normalized spacial score (nSPS) is 10.6. The molecular weight excluding hydrogens is 227 g/mol. The number of esters is 1. The molecule has 1 aromatic heterocycles. The summed E-state index contributed by atoms with van der Waals surface area (Å²) in [7, 11) is 0. The van der Waals surface area contributed by atoms with Crippen LogP contribution in [0.25, 0.3) is 0 Å². The largest absolute Gasteiger partial charge is 0.461 e. The van der Waals surface area contributed by atoms with E-state index in [1.54, 1.807) is 4.98 Å². The molecule has 1 N–H and O–H groups in total. The van der Waals surface area contributed by atoms with Gasteiger partial charge in [0.2, 0.25) is 0 Å². The van der Waals surface area contributed by atoms with Crippen LogP contribution in [-0.2, 0) is 4.74 Å². The summed E-state index contributed by atoms with van der Waals surface area (Å²) in [5, 5.41) is 0. The van der Waals surface area contributed by atoms with Crippen LogP contribution in [0.1, 0.15) is 29.4 Å². The fourth-order valence-corrected chi connectivity index (χ4v) is 1.12. The van der Waals surface area contributed by atoms with Gasteiger partial charge in [-0.25, -0.2) is 13.6 Å². The van der Waals surface area contributed by atoms with Crippen LogP contribution in [0.15, 0.2) is 10.9 Å². The van der Waals surface area contributed by atoms with Crippen molar-refractivity contribution in [3.8, 4) is 0 Å². The second-order valence-corrected chi connectivity index (χ2v) is 2.79. The van der Waals surface area contributed by atoms with Crippen LogP contribution >= 0.6 is 0 Å². The predicted molar refractivity (Wildman–Crippen MR) is 47.9 cm³/mol. The standard InChI is InChI=1S/C9H8F3NO3/c1-2-16-9(15)7-6(8(11)12)4(14)3-5(10)13-7/h3,8H,2H2,1H3,(H,13,14). The molecule has 0 atom stereocenters. The minimum atomic E-state index is -3.18. The van der Waals surface area contributed by atoms with Gasteiger partial charge in [0.15, 0.2) is 11.4 Å². The van der Waals surface area contributed by atoms with Gasteiger partial charge in [-0.3, -0.25) is 4.79 Å². The summed E-state index contributed by atoms with van der Waals surface area (Å²) in [4.78, 5) is 24.0. The molecule has 0 aliphatic heterocycles. The molecule has 0 aliphatic rings. The molecule has 4 nitrogen and oxygen atoms in total. The molecule has 1 rings (SSSR count). The smallest absolute Gasteiger partial charge is 0.355 e. The third kappa shape index (κ3) is 2.41. The maximum Gasteiger partial charge on any atom is 0.355 e. The second kappa shape index (κ2) is 4.82. The molecule has 0 saturated carbocycles. The molecule has 0 spiro atoms. The van der Waals surface area contributed by atoms with Crippen LogP contribution in [0, 0.1) is 5.95 Å². The summed E-state index contributed by atoms with van der Waals surface area (Å²) < 4.78 is 42.1. The van der Waals surface area contributed by atoms with Gasteiger partial charge < -0.3 is 9.72 Å². The van der Waals surface area contributed by atoms with Gasteiger partial charge >= 0.3 is 5.97 Å². The Kier molecular flexibility index (Phi) is 3.70. The van der Waals surface area contributed by atoms with Crippen LogP contribution < -0.4 is 5.43 Å². The Bertz CT molecular complexity index is 456. The number of aromatic amines is 1. The average Bonchev–Trinajstić information content (AvgIpc) is 2.15. The lowest BCUT2D eigenvalue weighted by molar-refractivity contribution is 0.0505. The van der Waals surface area contributed by atoms with E-state index in [1.165, 1.54) is 6.92 Å². The van der Waals surface area contributed by atoms with E-state index in [1.807, 2.05) is 0 Å². The molecule has 88 valence electrons. The van der Waals surface area contributed by atoms with E-state index in [2.05, 4.69) is 4.74 Å². The summed E-state index contributed by atoms with van der Waals surface area (Å²) in [5.74, 6) is -2.35. The van der Waals surface area contributed by atoms with E-state index in [0.717, 1.165) is 0 Å². The van der Waals surface area contributed by atoms with Gasteiger partial charge in [0.1, 0.15) is 5.69 Å². The summed E-state index contributed by atoms with van der Waals surface area (Å²) in [6, 6.07) is 0.351. The lowest BCUT2D eigenvalue weighted by Gasteiger charge is -2.07. The highest BCUT2D eigenvalue weighted by Crippen LogP contribution is 2.18. The Hall–Kier alpha value is -1.79. The van der Waals surface area contributed by atoms with Crippen molar-refractivity contribution < 1.29 is 22.7 Å². The molecular formula is C9H8F3NO3. The fourth-order valence-electron chi connectivity index (χ4n) is 1.12. The zero-order chi connectivity index (χ0) is 12.3. The van der Waals surface area contributed by atoms with Crippen molar-refractivity contribution in [1.82, 2.24) is 4.98 Å². The molecule has 0 fully saturated rings. The van der Waals surface area contributed by atoms with Gasteiger partial charge in [0, 0.05) is 6.07 Å². The first-order valence-electron chi connectivity index (χ1n) is 4.35. The van der Waals surface area contributed by atoms with E-state index in [-0.39, 0.29) is 6.61 Å². The lowest BCUT2D eigenvalue weighted by atomic mass is 10.2. The quantitative estimate of drug-likeness (QED) is 0.639. The first kappa shape index (κ1) is 12.3. The summed E-state index contributed by atoms with van der Waals surface area (Å²) in [6.45, 7) is 1.39. The predicted octanol–water partition coefficient (Wildman–Crippen LogP) is 1.63. The third-order valence-corrected chi connectivity index (χ3v) is 1.73. The molecule has 0 bridgehead atoms. The van der Waals surface area contributed by atoms with Crippen molar-refractivity contribution in [2.45, 2.75) is 13.3 Å². The van der Waals surface area contributed by atoms with Crippen LogP contribution in [-0.4, -0.2) is 17.6 Å². The Labute approximate surface area is 88.0 Å². The summed E-state index contributed by atoms with van der Waals surface area (Å²) >= 11 is 0. The van der Waals surface area contributed by atoms with Gasteiger partial charge in [-0.1, -0.05) is 0 Å². The number of ether oxygens (including phenoxy) is 1. The van der Waals surface area contributed by atoms with Crippen molar-refractivity contribution in [2.75, 3.05) is 6.61 Å². The molecule has 0 radical (unpaired) electrons. The minimum Gasteiger partial charge on any atom is -0.461 e. The van der Waals surface area contributed by atoms with E-state index in [9.17, 15) is 22.8 Å². The number of rotatable bonds is 3. The highest BCUT2D eigenvalue weighted by atomic mass is 19.3. The highest BCUT2D eigenvalue weighted by molar-refractivity contribution is 5.88. The topological polar surface area (TPSA) is 59.2 Å². The Morgan fingerprint density at radius 3 is 2.69 bits per heavy atom. The third-order valence-electron chi connectivity index (χ3n) is 1.73. The maximum absolute atomic E-state index is 12.8. The van der Waals surface area contributed by atoms with Crippen molar-refractivity contribution in [3.05, 3.63) is 33.5 Å². The average molecular weight is 235 g/mol. The molecule has 0 unspecified atom stereocenters. The first-order valence-corrected chi connectivity index (χ1v) is 4.35. The second-order valence-electron chi connectivity index (χ2n) is 2.79. The Morgan fingerprint density at radius 2 is 2.19 bits per heavy atom. The van der Waals surface area contributed by atoms with Crippen molar-refractivity contribution in [2.24, 2.45) is 0 Å². The van der Waals surface area contributed by atoms with Crippen molar-refractivity contribution >= 4 is 5.97 Å². The van der Waals surface area contributed by atoms with E-state index in [0.29, 0.717) is 6.07 Å². The maximum atomic E-state index is 12.8. The molecule has 1 heterocycles. The fraction of sp³-hybridized carbons (Fsp3) is 0.333. The number of aromatic nitrogens is 1. The summed E-state index contributed by atoms with van der Waals surface area (Å²) in [6.07, 6.45) is -3.18. The van der Waals surface area contributed by atoms with E-state index in [4.69, 9.17) is 0 Å². The Balaban J connectivity index is 3.35. The number of hydrogen-bond acceptors (Lipinski definition) is 3. The highest BCUT2D eigenvalue weighted by Gasteiger charge is 2.24. The number of H-pyrrole nitrogens is 1. The molecule has 1 aromatic rings. The molecule has 16 heavy (non-hydrogen) atoms. The number of halogens is 3. The molecule has 0 saturated heterocycles. The molecule has 0 aromatic carbocycles. The van der Waals surface area contributed by atoms with Crippen LogP contribution in [0.2, 0.25) is 0 Å². The van der Waals surface area contributed by atoms with Crippen LogP contribution in [0.4, 0.5) is 13.2 Å². The van der Waals surface area contributed by atoms with Crippen molar-refractivity contribution in [3.63, 3.8) is 0 Å². The van der Waals surface area contributed by atoms with Gasteiger partial charge in [-0.2, -0.15) is 4.39 Å². The van der Waals surface area contributed by atoms with E-state index < -0.39 is 35.0 Å². The van der Waals surface area contributed by atoms with E-state index >= 15 is 0 Å². The SMILES string of the molecule is CCOC(=O)c1[nH]c(F)cc(=O)c1C(F)F. The minimum absolute atomic E-state index is 0.0694. The first-order chi connectivity index (χ1) is 7.47. The monoisotopic (exact) mass is 235 g/mol. The van der Waals surface area contributed by atoms with Crippen molar-refractivity contribution in [1.29, 1.82) is 0 Å². The van der Waals surface area contributed by atoms with Crippen LogP contribution in [0.5, 0.6) is 0 Å². The van der Waals surface area contributed by atoms with Gasteiger partial charge in [-0.15, -0.1) is 0 Å². The van der Waals surface area contributed by atoms with Gasteiger partial charge in [0.05, 0.1) is 12.2 Å². The number of hydrogen-bond donors (Lipinski definition) is 1. The Morgan fingerprint density at radius 1 is 1.56 bits per heavy atom. The van der Waals surface area contributed by atoms with Crippen LogP contribution in [0.3, 0.4) is 0 Å². The number of nitrogens with one attached hydrogen (secondary N) is 1. The number of alkyl halides is 2. The van der Waals surface area contributed by atoms with Gasteiger partial charge in [0.25, 0.3) is 6.43 Å². The zero-order valence-electron chi connectivity index (χ0n) is 8.22. The molecule has 0 amide bonds. The summed E-state index contributed by atoms with van der Waals surface area (Å²) in [5.41, 5.74) is -3.17. The number of carbonyl (C=O) groups is 1. The van der Waals surface area contributed by atoms with Gasteiger partial charge in [-0.05, 0) is 6.92 Å². The number of carbonyl (C=O) groups excluding carboxylic acids is 1. The molecule has 7 heteroatoms. The lowest BCUT2D eigenvalue weighted by Crippen LogP contribution is -2.20. The zero-order valence-corrected chi connectivity index (χ0v) is 8.22. The number of pyridine rings is 1.